The summed E-state index contributed by atoms with van der Waals surface area (Å²) in [6.45, 7) is 4.50. The zero-order valence-corrected chi connectivity index (χ0v) is 15.1. The molecule has 0 fully saturated rings. The minimum absolute atomic E-state index is 0.244. The predicted molar refractivity (Wildman–Crippen MR) is 92.1 cm³/mol. The third-order valence-electron chi connectivity index (χ3n) is 4.44. The van der Waals surface area contributed by atoms with Gasteiger partial charge in [-0.25, -0.2) is 14.3 Å². The molecule has 1 aliphatic heterocycles. The standard InChI is InChI=1S/C18H18F2N2O3S/c1-18(2)9-22(8-10-6-14(17(24)21-25)26-16(10)18)15(23)7-11-12(19)4-3-5-13(11)20/h3-6,25H,7-9H2,1-2H3,(H,21,24). The number of carbonyl (C=O) groups excluding carboxylic acids is 2. The Labute approximate surface area is 153 Å². The van der Waals surface area contributed by atoms with E-state index in [9.17, 15) is 18.4 Å². The summed E-state index contributed by atoms with van der Waals surface area (Å²) in [5.41, 5.74) is 1.74. The molecule has 26 heavy (non-hydrogen) atoms. The smallest absolute Gasteiger partial charge is 0.284 e. The Bertz CT molecular complexity index is 859. The highest BCUT2D eigenvalue weighted by molar-refractivity contribution is 7.14. The van der Waals surface area contributed by atoms with Crippen molar-refractivity contribution in [3.63, 3.8) is 0 Å². The fourth-order valence-electron chi connectivity index (χ4n) is 3.24. The van der Waals surface area contributed by atoms with Gasteiger partial charge >= 0.3 is 0 Å². The van der Waals surface area contributed by atoms with Gasteiger partial charge in [-0.15, -0.1) is 11.3 Å². The van der Waals surface area contributed by atoms with Crippen LogP contribution in [0.25, 0.3) is 0 Å². The van der Waals surface area contributed by atoms with E-state index in [4.69, 9.17) is 5.21 Å². The van der Waals surface area contributed by atoms with Gasteiger partial charge in [0.15, 0.2) is 0 Å². The van der Waals surface area contributed by atoms with Crippen LogP contribution in [0, 0.1) is 11.6 Å². The molecule has 0 atom stereocenters. The monoisotopic (exact) mass is 380 g/mol. The van der Waals surface area contributed by atoms with Crippen LogP contribution in [-0.2, 0) is 23.2 Å². The molecule has 2 N–H and O–H groups in total. The molecular formula is C18H18F2N2O3S. The number of rotatable bonds is 3. The number of hydrogen-bond donors (Lipinski definition) is 2. The molecule has 0 aliphatic carbocycles. The van der Waals surface area contributed by atoms with Crippen LogP contribution in [-0.4, -0.2) is 28.5 Å². The van der Waals surface area contributed by atoms with E-state index in [0.717, 1.165) is 22.6 Å². The molecule has 0 spiro atoms. The summed E-state index contributed by atoms with van der Waals surface area (Å²) in [5, 5.41) is 8.81. The van der Waals surface area contributed by atoms with Crippen molar-refractivity contribution in [2.45, 2.75) is 32.2 Å². The Balaban J connectivity index is 1.86. The van der Waals surface area contributed by atoms with E-state index in [1.807, 2.05) is 13.8 Å². The third-order valence-corrected chi connectivity index (χ3v) is 5.98. The molecule has 1 aromatic carbocycles. The van der Waals surface area contributed by atoms with E-state index in [0.29, 0.717) is 11.4 Å². The predicted octanol–water partition coefficient (Wildman–Crippen LogP) is 3.01. The van der Waals surface area contributed by atoms with Gasteiger partial charge < -0.3 is 4.90 Å². The van der Waals surface area contributed by atoms with Crippen LogP contribution in [0.2, 0.25) is 0 Å². The molecule has 0 saturated carbocycles. The number of nitrogens with one attached hydrogen (secondary N) is 1. The van der Waals surface area contributed by atoms with E-state index in [2.05, 4.69) is 0 Å². The second-order valence-electron chi connectivity index (χ2n) is 6.92. The highest BCUT2D eigenvalue weighted by Crippen LogP contribution is 2.39. The van der Waals surface area contributed by atoms with E-state index in [1.165, 1.54) is 17.4 Å². The second-order valence-corrected chi connectivity index (χ2v) is 7.97. The van der Waals surface area contributed by atoms with Gasteiger partial charge in [0.2, 0.25) is 5.91 Å². The van der Waals surface area contributed by atoms with Crippen LogP contribution >= 0.6 is 11.3 Å². The van der Waals surface area contributed by atoms with Crippen LogP contribution in [0.3, 0.4) is 0 Å². The number of thiophene rings is 1. The number of benzene rings is 1. The first kappa shape index (κ1) is 18.5. The Kier molecular flexibility index (Phi) is 4.81. The number of fused-ring (bicyclic) bond motifs is 1. The molecule has 2 aromatic rings. The highest BCUT2D eigenvalue weighted by Gasteiger charge is 2.36. The summed E-state index contributed by atoms with van der Waals surface area (Å²) < 4.78 is 27.6. The van der Waals surface area contributed by atoms with Crippen LogP contribution in [0.15, 0.2) is 24.3 Å². The van der Waals surface area contributed by atoms with Crippen LogP contribution in [0.5, 0.6) is 0 Å². The number of amides is 2. The topological polar surface area (TPSA) is 69.6 Å². The molecule has 2 heterocycles. The fraction of sp³-hybridized carbons (Fsp3) is 0.333. The minimum Gasteiger partial charge on any atom is -0.337 e. The number of hydrogen-bond acceptors (Lipinski definition) is 4. The first-order valence-corrected chi connectivity index (χ1v) is 8.83. The Morgan fingerprint density at radius 2 is 1.96 bits per heavy atom. The highest BCUT2D eigenvalue weighted by atomic mass is 32.1. The van der Waals surface area contributed by atoms with Crippen LogP contribution < -0.4 is 5.48 Å². The molecule has 1 aliphatic rings. The molecule has 5 nitrogen and oxygen atoms in total. The molecule has 138 valence electrons. The van der Waals surface area contributed by atoms with Crippen molar-refractivity contribution in [2.24, 2.45) is 0 Å². The SMILES string of the molecule is CC1(C)CN(C(=O)Cc2c(F)cccc2F)Cc2cc(C(=O)NO)sc21. The molecule has 2 amide bonds. The lowest BCUT2D eigenvalue weighted by Gasteiger charge is -2.38. The quantitative estimate of drug-likeness (QED) is 0.635. The van der Waals surface area contributed by atoms with E-state index < -0.39 is 23.0 Å². The number of hydroxylamine groups is 1. The van der Waals surface area contributed by atoms with Gasteiger partial charge in [-0.3, -0.25) is 14.8 Å². The van der Waals surface area contributed by atoms with Crippen LogP contribution in [0.1, 0.15) is 39.5 Å². The minimum atomic E-state index is -0.743. The summed E-state index contributed by atoms with van der Waals surface area (Å²) >= 11 is 1.27. The Morgan fingerprint density at radius 1 is 1.31 bits per heavy atom. The third kappa shape index (κ3) is 3.34. The van der Waals surface area contributed by atoms with Gasteiger partial charge in [0.25, 0.3) is 5.91 Å². The Morgan fingerprint density at radius 3 is 2.58 bits per heavy atom. The van der Waals surface area contributed by atoms with Crippen molar-refractivity contribution < 1.29 is 23.6 Å². The summed E-state index contributed by atoms with van der Waals surface area (Å²) in [4.78, 5) is 27.1. The van der Waals surface area contributed by atoms with E-state index >= 15 is 0 Å². The molecule has 0 saturated heterocycles. The van der Waals surface area contributed by atoms with E-state index in [1.54, 1.807) is 16.4 Å². The zero-order chi connectivity index (χ0) is 19.1. The maximum Gasteiger partial charge on any atom is 0.284 e. The van der Waals surface area contributed by atoms with Gasteiger partial charge in [-0.2, -0.15) is 0 Å². The molecule has 0 unspecified atom stereocenters. The fourth-order valence-corrected chi connectivity index (χ4v) is 4.39. The Hall–Kier alpha value is -2.32. The lowest BCUT2D eigenvalue weighted by atomic mass is 9.85. The maximum absolute atomic E-state index is 13.8. The van der Waals surface area contributed by atoms with Gasteiger partial charge in [0.05, 0.1) is 11.3 Å². The summed E-state index contributed by atoms with van der Waals surface area (Å²) in [7, 11) is 0. The molecule has 1 aromatic heterocycles. The summed E-state index contributed by atoms with van der Waals surface area (Å²) in [5.74, 6) is -2.47. The van der Waals surface area contributed by atoms with Crippen LogP contribution in [0.4, 0.5) is 8.78 Å². The summed E-state index contributed by atoms with van der Waals surface area (Å²) in [6.07, 6.45) is -0.363. The number of nitrogens with zero attached hydrogens (tertiary/aromatic N) is 1. The summed E-state index contributed by atoms with van der Waals surface area (Å²) in [6, 6.07) is 5.15. The average Bonchev–Trinajstić information content (AvgIpc) is 3.02. The maximum atomic E-state index is 13.8. The first-order chi connectivity index (χ1) is 12.2. The molecule has 8 heteroatoms. The molecule has 0 radical (unpaired) electrons. The van der Waals surface area contributed by atoms with Crippen molar-refractivity contribution in [1.29, 1.82) is 0 Å². The lowest BCUT2D eigenvalue weighted by Crippen LogP contribution is -2.45. The average molecular weight is 380 g/mol. The van der Waals surface area contributed by atoms with Gasteiger partial charge in [-0.1, -0.05) is 19.9 Å². The van der Waals surface area contributed by atoms with Gasteiger partial charge in [0.1, 0.15) is 11.6 Å². The van der Waals surface area contributed by atoms with Crippen molar-refractivity contribution in [3.05, 3.63) is 56.8 Å². The van der Waals surface area contributed by atoms with Crippen molar-refractivity contribution in [3.8, 4) is 0 Å². The van der Waals surface area contributed by atoms with E-state index in [-0.39, 0.29) is 24.4 Å². The number of halogens is 2. The second kappa shape index (κ2) is 6.77. The molecule has 0 bridgehead atoms. The zero-order valence-electron chi connectivity index (χ0n) is 14.3. The first-order valence-electron chi connectivity index (χ1n) is 8.01. The normalized spacial score (nSPS) is 15.5. The van der Waals surface area contributed by atoms with Gasteiger partial charge in [-0.05, 0) is 23.8 Å². The molecular weight excluding hydrogens is 362 g/mol. The van der Waals surface area contributed by atoms with Gasteiger partial charge in [0, 0.05) is 28.9 Å². The molecule has 3 rings (SSSR count). The van der Waals surface area contributed by atoms with Crippen molar-refractivity contribution in [1.82, 2.24) is 10.4 Å². The van der Waals surface area contributed by atoms with Crippen molar-refractivity contribution >= 4 is 23.2 Å². The lowest BCUT2D eigenvalue weighted by molar-refractivity contribution is -0.132. The van der Waals surface area contributed by atoms with Crippen molar-refractivity contribution in [2.75, 3.05) is 6.54 Å². The number of carbonyl (C=O) groups is 2. The largest absolute Gasteiger partial charge is 0.337 e.